The summed E-state index contributed by atoms with van der Waals surface area (Å²) in [7, 11) is 0. The molecule has 0 saturated carbocycles. The molecule has 0 aliphatic heterocycles. The smallest absolute Gasteiger partial charge is 1.00 e. The molecule has 190 valence electrons. The Bertz CT molecular complexity index is 341. The van der Waals surface area contributed by atoms with Crippen molar-refractivity contribution < 1.29 is 1.43 Å². The van der Waals surface area contributed by atoms with Gasteiger partial charge in [-0.2, -0.15) is 0 Å². The summed E-state index contributed by atoms with van der Waals surface area (Å²) in [5, 5.41) is 0. The van der Waals surface area contributed by atoms with Crippen molar-refractivity contribution in [3.8, 4) is 0 Å². The first-order valence-corrected chi connectivity index (χ1v) is 20.6. The molecule has 0 unspecified atom stereocenters. The van der Waals surface area contributed by atoms with Gasteiger partial charge in [0.25, 0.3) is 0 Å². The Labute approximate surface area is 206 Å². The van der Waals surface area contributed by atoms with Gasteiger partial charge in [0.05, 0.1) is 0 Å². The zero-order valence-corrected chi connectivity index (χ0v) is 27.0. The van der Waals surface area contributed by atoms with E-state index in [2.05, 4.69) is 97.8 Å². The molecule has 0 aromatic carbocycles. The number of hydrogen-bond donors (Lipinski definition) is 0. The Balaban J connectivity index is 0. The standard InChI is InChI=1S/3C9H20N.Sn.2H/c3*1-6-7-10(8(2)3)9(4)5;;;/h3*8-9H,1,6-7H2,2-5H3;;;/q;;;;;-1. The molecule has 0 spiro atoms. The third kappa shape index (κ3) is 13.9. The second-order valence-corrected chi connectivity index (χ2v) is 21.5. The van der Waals surface area contributed by atoms with Crippen LogP contribution in [0, 0.1) is 0 Å². The van der Waals surface area contributed by atoms with E-state index >= 15 is 0 Å². The maximum Gasteiger partial charge on any atom is -1.00 e. The Morgan fingerprint density at radius 1 is 0.419 bits per heavy atom. The van der Waals surface area contributed by atoms with Gasteiger partial charge in [0.1, 0.15) is 0 Å². The van der Waals surface area contributed by atoms with E-state index < -0.39 is 19.8 Å². The van der Waals surface area contributed by atoms with Crippen LogP contribution in [0.25, 0.3) is 0 Å². The molecule has 0 heterocycles. The third-order valence-corrected chi connectivity index (χ3v) is 17.6. The molecule has 0 aliphatic rings. The van der Waals surface area contributed by atoms with E-state index in [1.165, 1.54) is 38.9 Å². The Morgan fingerprint density at radius 2 is 0.613 bits per heavy atom. The van der Waals surface area contributed by atoms with Gasteiger partial charge in [0, 0.05) is 0 Å². The average molecular weight is 548 g/mol. The fourth-order valence-electron chi connectivity index (χ4n) is 5.46. The van der Waals surface area contributed by atoms with E-state index in [9.17, 15) is 0 Å². The van der Waals surface area contributed by atoms with Crippen LogP contribution in [0.4, 0.5) is 0 Å². The van der Waals surface area contributed by atoms with Crippen LogP contribution in [0.2, 0.25) is 13.3 Å². The van der Waals surface area contributed by atoms with Crippen molar-refractivity contribution in [1.82, 2.24) is 14.7 Å². The van der Waals surface area contributed by atoms with Crippen molar-refractivity contribution in [1.29, 1.82) is 0 Å². The normalized spacial score (nSPS) is 13.4. The van der Waals surface area contributed by atoms with E-state index in [-0.39, 0.29) is 1.43 Å². The summed E-state index contributed by atoms with van der Waals surface area (Å²) in [6.45, 7) is 32.2. The van der Waals surface area contributed by atoms with Crippen molar-refractivity contribution in [3.05, 3.63) is 0 Å². The average Bonchev–Trinajstić information content (AvgIpc) is 2.62. The van der Waals surface area contributed by atoms with Gasteiger partial charge in [-0.05, 0) is 0 Å². The molecule has 0 bridgehead atoms. The summed E-state index contributed by atoms with van der Waals surface area (Å²) in [5.74, 6) is 0. The first-order chi connectivity index (χ1) is 14.4. The van der Waals surface area contributed by atoms with Gasteiger partial charge in [-0.3, -0.25) is 0 Å². The van der Waals surface area contributed by atoms with E-state index in [0.29, 0.717) is 36.3 Å². The number of rotatable bonds is 18. The van der Waals surface area contributed by atoms with Gasteiger partial charge in [-0.25, -0.2) is 0 Å². The van der Waals surface area contributed by atoms with Crippen molar-refractivity contribution in [2.75, 3.05) is 19.6 Å². The van der Waals surface area contributed by atoms with E-state index in [4.69, 9.17) is 0 Å². The molecule has 0 aromatic heterocycles. The third-order valence-electron chi connectivity index (χ3n) is 7.07. The van der Waals surface area contributed by atoms with Crippen LogP contribution in [0.15, 0.2) is 0 Å². The molecule has 0 fully saturated rings. The van der Waals surface area contributed by atoms with Crippen molar-refractivity contribution in [3.63, 3.8) is 0 Å². The minimum absolute atomic E-state index is 0. The monoisotopic (exact) mass is 548 g/mol. The van der Waals surface area contributed by atoms with Crippen molar-refractivity contribution in [2.45, 2.75) is 152 Å². The van der Waals surface area contributed by atoms with E-state index in [1.54, 1.807) is 13.3 Å². The van der Waals surface area contributed by atoms with Crippen LogP contribution in [0.3, 0.4) is 0 Å². The van der Waals surface area contributed by atoms with Gasteiger partial charge in [0.2, 0.25) is 0 Å². The van der Waals surface area contributed by atoms with E-state index in [1.807, 2.05) is 0 Å². The fourth-order valence-corrected chi connectivity index (χ4v) is 14.4. The SMILES string of the molecule is CC(C)N(CC[CH2][SnH]([CH2]CCN(C(C)C)C(C)C)[CH2]CCN(C(C)C)C(C)C)C(C)C.[H-]. The predicted octanol–water partition coefficient (Wildman–Crippen LogP) is 6.85. The van der Waals surface area contributed by atoms with Crippen LogP contribution >= 0.6 is 0 Å². The summed E-state index contributed by atoms with van der Waals surface area (Å²) >= 11 is -1.48. The fraction of sp³-hybridized carbons (Fsp3) is 1.00. The summed E-state index contributed by atoms with van der Waals surface area (Å²) in [4.78, 5) is 8.09. The van der Waals surface area contributed by atoms with E-state index in [0.717, 1.165) is 0 Å². The molecule has 0 aliphatic carbocycles. The molecule has 0 radical (unpaired) electrons. The summed E-state index contributed by atoms with van der Waals surface area (Å²) in [6, 6.07) is 4.03. The Hall–Kier alpha value is 0.679. The van der Waals surface area contributed by atoms with Gasteiger partial charge in [-0.1, -0.05) is 0 Å². The van der Waals surface area contributed by atoms with Gasteiger partial charge in [0.15, 0.2) is 0 Å². The zero-order chi connectivity index (χ0) is 24.1. The minimum atomic E-state index is -1.48. The van der Waals surface area contributed by atoms with Gasteiger partial charge >= 0.3 is 206 Å². The molecule has 3 nitrogen and oxygen atoms in total. The van der Waals surface area contributed by atoms with Crippen LogP contribution in [-0.4, -0.2) is 90.3 Å². The molecule has 0 saturated heterocycles. The van der Waals surface area contributed by atoms with Crippen LogP contribution in [0.1, 0.15) is 104 Å². The number of hydrogen-bond acceptors (Lipinski definition) is 3. The Kier molecular flexibility index (Phi) is 17.5. The molecule has 4 heteroatoms. The topological polar surface area (TPSA) is 9.72 Å². The van der Waals surface area contributed by atoms with Crippen molar-refractivity contribution >= 4 is 19.8 Å². The molecular formula is C27H62N3Sn-. The quantitative estimate of drug-likeness (QED) is 0.174. The summed E-state index contributed by atoms with van der Waals surface area (Å²) < 4.78 is 4.80. The largest absolute Gasteiger partial charge is 1.00 e. The molecule has 0 rings (SSSR count). The number of nitrogens with zero attached hydrogens (tertiary/aromatic N) is 3. The molecule has 0 aromatic rings. The maximum atomic E-state index is 2.70. The van der Waals surface area contributed by atoms with Crippen LogP contribution < -0.4 is 0 Å². The molecule has 0 atom stereocenters. The van der Waals surface area contributed by atoms with Gasteiger partial charge in [-0.15, -0.1) is 0 Å². The molecule has 0 amide bonds. The first kappa shape index (κ1) is 31.7. The van der Waals surface area contributed by atoms with Crippen LogP contribution in [-0.2, 0) is 0 Å². The summed E-state index contributed by atoms with van der Waals surface area (Å²) in [6.07, 6.45) is 4.31. The summed E-state index contributed by atoms with van der Waals surface area (Å²) in [5.41, 5.74) is 0. The van der Waals surface area contributed by atoms with Gasteiger partial charge < -0.3 is 1.43 Å². The second-order valence-electron chi connectivity index (χ2n) is 11.6. The first-order valence-electron chi connectivity index (χ1n) is 13.7. The molecule has 0 N–H and O–H groups in total. The Morgan fingerprint density at radius 3 is 0.774 bits per heavy atom. The maximum absolute atomic E-state index is 2.70. The second kappa shape index (κ2) is 17.2. The van der Waals surface area contributed by atoms with Crippen molar-refractivity contribution in [2.24, 2.45) is 0 Å². The molecule has 31 heavy (non-hydrogen) atoms. The zero-order valence-electron chi connectivity index (χ0n) is 24.7. The molecular weight excluding hydrogens is 485 g/mol. The predicted molar refractivity (Wildman–Crippen MR) is 147 cm³/mol. The minimum Gasteiger partial charge on any atom is -1.00 e. The van der Waals surface area contributed by atoms with Crippen LogP contribution in [0.5, 0.6) is 0 Å².